The van der Waals surface area contributed by atoms with Crippen molar-refractivity contribution in [1.29, 1.82) is 0 Å². The summed E-state index contributed by atoms with van der Waals surface area (Å²) < 4.78 is 0. The normalized spacial score (nSPS) is 19.9. The summed E-state index contributed by atoms with van der Waals surface area (Å²) in [5.41, 5.74) is 2.36. The average Bonchev–Trinajstić information content (AvgIpc) is 3.00. The van der Waals surface area contributed by atoms with E-state index in [4.69, 9.17) is 4.98 Å². The van der Waals surface area contributed by atoms with Gasteiger partial charge < -0.3 is 5.32 Å². The molecule has 0 saturated carbocycles. The first kappa shape index (κ1) is 11.3. The van der Waals surface area contributed by atoms with E-state index >= 15 is 0 Å². The lowest BCUT2D eigenvalue weighted by Crippen LogP contribution is -2.13. The fraction of sp³-hybridized carbons (Fsp3) is 0.500. The van der Waals surface area contributed by atoms with Crippen molar-refractivity contribution in [2.24, 2.45) is 0 Å². The van der Waals surface area contributed by atoms with Crippen LogP contribution in [0.4, 0.5) is 0 Å². The van der Waals surface area contributed by atoms with Gasteiger partial charge >= 0.3 is 0 Å². The van der Waals surface area contributed by atoms with Gasteiger partial charge in [-0.25, -0.2) is 9.97 Å². The first-order valence-electron chi connectivity index (χ1n) is 5.90. The van der Waals surface area contributed by atoms with Gasteiger partial charge in [0.25, 0.3) is 0 Å². The largest absolute Gasteiger partial charge is 0.309 e. The minimum Gasteiger partial charge on any atom is -0.309 e. The van der Waals surface area contributed by atoms with Gasteiger partial charge in [0.15, 0.2) is 0 Å². The van der Waals surface area contributed by atoms with Crippen LogP contribution in [-0.2, 0) is 6.42 Å². The molecule has 1 saturated heterocycles. The maximum atomic E-state index is 4.72. The fourth-order valence-electron chi connectivity index (χ4n) is 2.15. The molecule has 90 valence electrons. The molecule has 3 rings (SSSR count). The number of hydrogen-bond donors (Lipinski definition) is 1. The zero-order chi connectivity index (χ0) is 11.7. The molecule has 2 aromatic heterocycles. The third-order valence-corrected chi connectivity index (χ3v) is 4.68. The van der Waals surface area contributed by atoms with Crippen molar-refractivity contribution in [3.8, 4) is 0 Å². The van der Waals surface area contributed by atoms with E-state index in [9.17, 15) is 0 Å². The molecule has 1 aliphatic rings. The highest BCUT2D eigenvalue weighted by Crippen LogP contribution is 2.25. The Morgan fingerprint density at radius 1 is 1.35 bits per heavy atom. The molecule has 0 bridgehead atoms. The van der Waals surface area contributed by atoms with Crippen LogP contribution in [0.2, 0.25) is 0 Å². The molecule has 2 aromatic rings. The van der Waals surface area contributed by atoms with Crippen molar-refractivity contribution < 1.29 is 0 Å². The van der Waals surface area contributed by atoms with Crippen LogP contribution < -0.4 is 5.32 Å². The SMILES string of the molecule is Cc1nc(Cc2nc(C3CCCN3)cs2)cs1. The number of aryl methyl sites for hydroxylation is 1. The Labute approximate surface area is 109 Å². The van der Waals surface area contributed by atoms with Crippen LogP contribution in [0.3, 0.4) is 0 Å². The molecule has 0 amide bonds. The van der Waals surface area contributed by atoms with Gasteiger partial charge in [0, 0.05) is 17.2 Å². The Morgan fingerprint density at radius 2 is 2.29 bits per heavy atom. The third kappa shape index (κ3) is 2.56. The summed E-state index contributed by atoms with van der Waals surface area (Å²) in [6.07, 6.45) is 3.36. The van der Waals surface area contributed by atoms with Crippen LogP contribution in [0.5, 0.6) is 0 Å². The van der Waals surface area contributed by atoms with Crippen molar-refractivity contribution in [1.82, 2.24) is 15.3 Å². The molecule has 0 aromatic carbocycles. The number of hydrogen-bond acceptors (Lipinski definition) is 5. The Kier molecular flexibility index (Phi) is 3.22. The quantitative estimate of drug-likeness (QED) is 0.927. The molecular formula is C12H15N3S2. The van der Waals surface area contributed by atoms with E-state index in [0.717, 1.165) is 23.7 Å². The fourth-order valence-corrected chi connectivity index (χ4v) is 3.62. The van der Waals surface area contributed by atoms with E-state index in [1.165, 1.54) is 23.5 Å². The van der Waals surface area contributed by atoms with Crippen LogP contribution in [0.1, 0.15) is 40.3 Å². The lowest BCUT2D eigenvalue weighted by atomic mass is 10.2. The molecular weight excluding hydrogens is 250 g/mol. The molecule has 3 heterocycles. The van der Waals surface area contributed by atoms with Crippen molar-refractivity contribution in [2.75, 3.05) is 6.54 Å². The molecule has 17 heavy (non-hydrogen) atoms. The molecule has 1 aliphatic heterocycles. The van der Waals surface area contributed by atoms with Gasteiger partial charge in [-0.2, -0.15) is 0 Å². The number of rotatable bonds is 3. The van der Waals surface area contributed by atoms with Gasteiger partial charge in [-0.15, -0.1) is 22.7 Å². The Balaban J connectivity index is 1.71. The Hall–Kier alpha value is -0.780. The first-order valence-corrected chi connectivity index (χ1v) is 7.66. The molecule has 0 aliphatic carbocycles. The minimum absolute atomic E-state index is 0.483. The van der Waals surface area contributed by atoms with Gasteiger partial charge in [-0.05, 0) is 26.3 Å². The molecule has 5 heteroatoms. The van der Waals surface area contributed by atoms with Crippen molar-refractivity contribution in [2.45, 2.75) is 32.2 Å². The van der Waals surface area contributed by atoms with E-state index in [-0.39, 0.29) is 0 Å². The van der Waals surface area contributed by atoms with Gasteiger partial charge in [0.2, 0.25) is 0 Å². The van der Waals surface area contributed by atoms with Crippen LogP contribution in [0, 0.1) is 6.92 Å². The molecule has 3 nitrogen and oxygen atoms in total. The zero-order valence-electron chi connectivity index (χ0n) is 9.77. The van der Waals surface area contributed by atoms with E-state index in [2.05, 4.69) is 21.1 Å². The van der Waals surface area contributed by atoms with Crippen LogP contribution in [-0.4, -0.2) is 16.5 Å². The molecule has 1 fully saturated rings. The monoisotopic (exact) mass is 265 g/mol. The zero-order valence-corrected chi connectivity index (χ0v) is 11.4. The Bertz CT molecular complexity index is 497. The summed E-state index contributed by atoms with van der Waals surface area (Å²) in [6, 6.07) is 0.483. The predicted octanol–water partition coefficient (Wildman–Crippen LogP) is 2.92. The molecule has 1 unspecified atom stereocenters. The van der Waals surface area contributed by atoms with Crippen LogP contribution >= 0.6 is 22.7 Å². The van der Waals surface area contributed by atoms with E-state index in [1.807, 2.05) is 6.92 Å². The highest BCUT2D eigenvalue weighted by molar-refractivity contribution is 7.10. The van der Waals surface area contributed by atoms with Crippen LogP contribution in [0.15, 0.2) is 10.8 Å². The number of nitrogens with one attached hydrogen (secondary N) is 1. The predicted molar refractivity (Wildman–Crippen MR) is 71.7 cm³/mol. The smallest absolute Gasteiger partial charge is 0.0989 e. The lowest BCUT2D eigenvalue weighted by Gasteiger charge is -2.04. The number of thiazole rings is 2. The summed E-state index contributed by atoms with van der Waals surface area (Å²) in [5.74, 6) is 0. The van der Waals surface area contributed by atoms with E-state index < -0.39 is 0 Å². The summed E-state index contributed by atoms with van der Waals surface area (Å²) in [5, 5.41) is 10.1. The standard InChI is InChI=1S/C12H15N3S2/c1-8-14-9(6-16-8)5-12-15-11(7-17-12)10-3-2-4-13-10/h6-7,10,13H,2-5H2,1H3. The third-order valence-electron chi connectivity index (χ3n) is 2.99. The van der Waals surface area contributed by atoms with Gasteiger partial charge in [0.05, 0.1) is 27.4 Å². The summed E-state index contributed by atoms with van der Waals surface area (Å²) >= 11 is 3.46. The second-order valence-electron chi connectivity index (χ2n) is 4.35. The van der Waals surface area contributed by atoms with Crippen molar-refractivity contribution in [3.05, 3.63) is 32.2 Å². The van der Waals surface area contributed by atoms with Gasteiger partial charge in [-0.3, -0.25) is 0 Å². The van der Waals surface area contributed by atoms with E-state index in [1.54, 1.807) is 22.7 Å². The minimum atomic E-state index is 0.483. The maximum absolute atomic E-state index is 4.72. The highest BCUT2D eigenvalue weighted by Gasteiger charge is 2.18. The first-order chi connectivity index (χ1) is 8.31. The van der Waals surface area contributed by atoms with Gasteiger partial charge in [-0.1, -0.05) is 0 Å². The average molecular weight is 265 g/mol. The molecule has 1 atom stereocenters. The number of aromatic nitrogens is 2. The lowest BCUT2D eigenvalue weighted by molar-refractivity contribution is 0.630. The van der Waals surface area contributed by atoms with Crippen LogP contribution in [0.25, 0.3) is 0 Å². The highest BCUT2D eigenvalue weighted by atomic mass is 32.1. The summed E-state index contributed by atoms with van der Waals surface area (Å²) in [4.78, 5) is 9.20. The molecule has 0 spiro atoms. The molecule has 1 N–H and O–H groups in total. The van der Waals surface area contributed by atoms with Crippen molar-refractivity contribution >= 4 is 22.7 Å². The summed E-state index contributed by atoms with van der Waals surface area (Å²) in [6.45, 7) is 3.17. The van der Waals surface area contributed by atoms with E-state index in [0.29, 0.717) is 6.04 Å². The van der Waals surface area contributed by atoms with Crippen molar-refractivity contribution in [3.63, 3.8) is 0 Å². The summed E-state index contributed by atoms with van der Waals surface area (Å²) in [7, 11) is 0. The molecule has 0 radical (unpaired) electrons. The number of nitrogens with zero attached hydrogens (tertiary/aromatic N) is 2. The topological polar surface area (TPSA) is 37.8 Å². The second kappa shape index (κ2) is 4.84. The Morgan fingerprint density at radius 3 is 3.00 bits per heavy atom. The second-order valence-corrected chi connectivity index (χ2v) is 6.35. The van der Waals surface area contributed by atoms with Gasteiger partial charge in [0.1, 0.15) is 0 Å². The maximum Gasteiger partial charge on any atom is 0.0989 e.